The van der Waals surface area contributed by atoms with Crippen LogP contribution in [0.25, 0.3) is 10.2 Å². The van der Waals surface area contributed by atoms with Crippen LogP contribution < -0.4 is 5.32 Å². The molecule has 0 fully saturated rings. The van der Waals surface area contributed by atoms with Gasteiger partial charge in [-0.2, -0.15) is 0 Å². The van der Waals surface area contributed by atoms with Crippen molar-refractivity contribution in [3.8, 4) is 0 Å². The lowest BCUT2D eigenvalue weighted by Crippen LogP contribution is -2.24. The first-order valence-corrected chi connectivity index (χ1v) is 12.3. The molecule has 0 bridgehead atoms. The Morgan fingerprint density at radius 2 is 1.91 bits per heavy atom. The molecule has 0 saturated heterocycles. The van der Waals surface area contributed by atoms with Gasteiger partial charge in [-0.05, 0) is 49.6 Å². The smallest absolute Gasteiger partial charge is 0.306 e. The normalized spacial score (nSPS) is 11.6. The van der Waals surface area contributed by atoms with Crippen LogP contribution in [-0.4, -0.2) is 50.3 Å². The van der Waals surface area contributed by atoms with Crippen molar-refractivity contribution in [2.24, 2.45) is 0 Å². The summed E-state index contributed by atoms with van der Waals surface area (Å²) in [6.07, 6.45) is 1.41. The predicted octanol–water partition coefficient (Wildman–Crippen LogP) is 3.36. The molecule has 0 radical (unpaired) electrons. The first-order valence-electron chi connectivity index (χ1n) is 10.00. The summed E-state index contributed by atoms with van der Waals surface area (Å²) in [5.74, 6) is -1.01. The molecule has 0 saturated carbocycles. The zero-order valence-corrected chi connectivity index (χ0v) is 19.8. The lowest BCUT2D eigenvalue weighted by molar-refractivity contribution is -0.147. The fourth-order valence-electron chi connectivity index (χ4n) is 2.98. The van der Waals surface area contributed by atoms with Crippen molar-refractivity contribution in [1.82, 2.24) is 9.29 Å². The summed E-state index contributed by atoms with van der Waals surface area (Å²) >= 11 is 1.60. The summed E-state index contributed by atoms with van der Waals surface area (Å²) in [4.78, 5) is 28.7. The summed E-state index contributed by atoms with van der Waals surface area (Å²) < 4.78 is 32.1. The highest BCUT2D eigenvalue weighted by Gasteiger charge is 2.20. The Hall–Kier alpha value is -2.82. The van der Waals surface area contributed by atoms with Gasteiger partial charge in [0.15, 0.2) is 6.61 Å². The predicted molar refractivity (Wildman–Crippen MR) is 124 cm³/mol. The molecule has 0 spiro atoms. The van der Waals surface area contributed by atoms with Crippen LogP contribution in [0.3, 0.4) is 0 Å². The number of fused-ring (bicyclic) bond motifs is 1. The third-order valence-corrected chi connectivity index (χ3v) is 7.76. The SMILES string of the molecule is Cc1ccc(NC(=O)COC(=O)CCCc2nc3ccccc3s2)cc1S(=O)(=O)N(C)C. The zero-order chi connectivity index (χ0) is 23.3. The van der Waals surface area contributed by atoms with E-state index in [9.17, 15) is 18.0 Å². The van der Waals surface area contributed by atoms with Crippen molar-refractivity contribution >= 4 is 49.1 Å². The number of thiazole rings is 1. The maximum atomic E-state index is 12.4. The number of nitrogens with zero attached hydrogens (tertiary/aromatic N) is 2. The van der Waals surface area contributed by atoms with Gasteiger partial charge in [-0.1, -0.05) is 18.2 Å². The van der Waals surface area contributed by atoms with E-state index in [-0.39, 0.29) is 11.3 Å². The van der Waals surface area contributed by atoms with E-state index in [0.717, 1.165) is 19.5 Å². The minimum Gasteiger partial charge on any atom is -0.456 e. The third-order valence-electron chi connectivity index (χ3n) is 4.70. The Kier molecular flexibility index (Phi) is 7.60. The Morgan fingerprint density at radius 3 is 2.62 bits per heavy atom. The number of aryl methyl sites for hydroxylation is 2. The van der Waals surface area contributed by atoms with Gasteiger partial charge in [0.2, 0.25) is 10.0 Å². The molecule has 1 N–H and O–H groups in total. The fraction of sp³-hybridized carbons (Fsp3) is 0.318. The van der Waals surface area contributed by atoms with Crippen molar-refractivity contribution in [3.63, 3.8) is 0 Å². The Balaban J connectivity index is 1.46. The van der Waals surface area contributed by atoms with E-state index >= 15 is 0 Å². The summed E-state index contributed by atoms with van der Waals surface area (Å²) in [7, 11) is -0.760. The quantitative estimate of drug-likeness (QED) is 0.476. The van der Waals surface area contributed by atoms with Gasteiger partial charge in [0.25, 0.3) is 5.91 Å². The van der Waals surface area contributed by atoms with Crippen LogP contribution in [0.4, 0.5) is 5.69 Å². The average Bonchev–Trinajstić information content (AvgIpc) is 3.16. The number of amides is 1. The highest BCUT2D eigenvalue weighted by Crippen LogP contribution is 2.23. The highest BCUT2D eigenvalue weighted by atomic mass is 32.2. The van der Waals surface area contributed by atoms with Crippen LogP contribution in [0.15, 0.2) is 47.4 Å². The molecule has 3 rings (SSSR count). The van der Waals surface area contributed by atoms with Crippen molar-refractivity contribution in [3.05, 3.63) is 53.0 Å². The van der Waals surface area contributed by atoms with Crippen LogP contribution >= 0.6 is 11.3 Å². The molecule has 0 aliphatic rings. The van der Waals surface area contributed by atoms with E-state index in [1.807, 2.05) is 24.3 Å². The second-order valence-electron chi connectivity index (χ2n) is 7.41. The molecule has 1 heterocycles. The van der Waals surface area contributed by atoms with E-state index in [1.165, 1.54) is 20.2 Å². The van der Waals surface area contributed by atoms with Gasteiger partial charge in [0.1, 0.15) is 0 Å². The number of anilines is 1. The number of rotatable bonds is 9. The van der Waals surface area contributed by atoms with Crippen molar-refractivity contribution in [2.45, 2.75) is 31.1 Å². The molecule has 2 aromatic carbocycles. The summed E-state index contributed by atoms with van der Waals surface area (Å²) in [5.41, 5.74) is 1.83. The maximum absolute atomic E-state index is 12.4. The van der Waals surface area contributed by atoms with Crippen LogP contribution in [0.1, 0.15) is 23.4 Å². The minimum absolute atomic E-state index is 0.104. The first kappa shape index (κ1) is 23.8. The fourth-order valence-corrected chi connectivity index (χ4v) is 5.13. The van der Waals surface area contributed by atoms with Crippen LogP contribution in [0, 0.1) is 6.92 Å². The molecule has 170 valence electrons. The topological polar surface area (TPSA) is 106 Å². The van der Waals surface area contributed by atoms with E-state index in [4.69, 9.17) is 4.74 Å². The number of para-hydroxylation sites is 1. The van der Waals surface area contributed by atoms with E-state index < -0.39 is 28.5 Å². The van der Waals surface area contributed by atoms with Gasteiger partial charge >= 0.3 is 5.97 Å². The number of ether oxygens (including phenoxy) is 1. The van der Waals surface area contributed by atoms with Crippen molar-refractivity contribution in [1.29, 1.82) is 0 Å². The summed E-state index contributed by atoms with van der Waals surface area (Å²) in [6.45, 7) is 1.24. The maximum Gasteiger partial charge on any atom is 0.306 e. The molecular formula is C22H25N3O5S2. The monoisotopic (exact) mass is 475 g/mol. The molecular weight excluding hydrogens is 450 g/mol. The van der Waals surface area contributed by atoms with Gasteiger partial charge in [-0.15, -0.1) is 11.3 Å². The summed E-state index contributed by atoms with van der Waals surface area (Å²) in [5, 5.41) is 3.52. The number of aromatic nitrogens is 1. The lowest BCUT2D eigenvalue weighted by Gasteiger charge is -2.15. The van der Waals surface area contributed by atoms with Crippen LogP contribution in [0.5, 0.6) is 0 Å². The van der Waals surface area contributed by atoms with Gasteiger partial charge in [-0.25, -0.2) is 17.7 Å². The Morgan fingerprint density at radius 1 is 1.16 bits per heavy atom. The second kappa shape index (κ2) is 10.2. The molecule has 1 amide bonds. The van der Waals surface area contributed by atoms with Gasteiger partial charge in [0, 0.05) is 26.2 Å². The van der Waals surface area contributed by atoms with Crippen molar-refractivity contribution in [2.75, 3.05) is 26.0 Å². The van der Waals surface area contributed by atoms with E-state index in [2.05, 4.69) is 10.3 Å². The Labute approximate surface area is 191 Å². The molecule has 10 heteroatoms. The number of hydrogen-bond donors (Lipinski definition) is 1. The molecule has 0 atom stereocenters. The highest BCUT2D eigenvalue weighted by molar-refractivity contribution is 7.89. The summed E-state index contributed by atoms with van der Waals surface area (Å²) in [6, 6.07) is 12.5. The van der Waals surface area contributed by atoms with Crippen molar-refractivity contribution < 1.29 is 22.7 Å². The number of carbonyl (C=O) groups excluding carboxylic acids is 2. The molecule has 8 nitrogen and oxygen atoms in total. The van der Waals surface area contributed by atoms with Gasteiger partial charge in [-0.3, -0.25) is 9.59 Å². The Bertz CT molecular complexity index is 1200. The second-order valence-corrected chi connectivity index (χ2v) is 10.6. The molecule has 0 unspecified atom stereocenters. The van der Waals surface area contributed by atoms with Crippen LogP contribution in [0.2, 0.25) is 0 Å². The number of hydrogen-bond acceptors (Lipinski definition) is 7. The average molecular weight is 476 g/mol. The zero-order valence-electron chi connectivity index (χ0n) is 18.1. The number of carbonyl (C=O) groups is 2. The number of nitrogens with one attached hydrogen (secondary N) is 1. The molecule has 32 heavy (non-hydrogen) atoms. The van der Waals surface area contributed by atoms with E-state index in [1.54, 1.807) is 30.4 Å². The number of benzene rings is 2. The number of esters is 1. The van der Waals surface area contributed by atoms with E-state index in [0.29, 0.717) is 24.1 Å². The van der Waals surface area contributed by atoms with Gasteiger partial charge in [0.05, 0.1) is 20.1 Å². The lowest BCUT2D eigenvalue weighted by atomic mass is 10.2. The first-order chi connectivity index (χ1) is 15.2. The number of sulfonamides is 1. The molecule has 3 aromatic rings. The minimum atomic E-state index is -3.64. The van der Waals surface area contributed by atoms with Crippen LogP contribution in [-0.2, 0) is 30.8 Å². The third kappa shape index (κ3) is 5.90. The largest absolute Gasteiger partial charge is 0.456 e. The molecule has 0 aliphatic heterocycles. The molecule has 1 aromatic heterocycles. The van der Waals surface area contributed by atoms with Gasteiger partial charge < -0.3 is 10.1 Å². The standard InChI is InChI=1S/C22H25N3O5S2/c1-15-11-12-16(13-19(15)32(28,29)25(2)3)23-20(26)14-30-22(27)10-6-9-21-24-17-7-4-5-8-18(17)31-21/h4-5,7-8,11-13H,6,9-10,14H2,1-3H3,(H,23,26). The molecule has 0 aliphatic carbocycles.